The first-order valence-electron chi connectivity index (χ1n) is 12.5. The smallest absolute Gasteiger partial charge is 0.160 e. The van der Waals surface area contributed by atoms with Crippen molar-refractivity contribution in [1.29, 1.82) is 0 Å². The molecule has 0 amide bonds. The lowest BCUT2D eigenvalue weighted by atomic mass is 9.96. The molecule has 186 valence electrons. The number of rotatable bonds is 5. The van der Waals surface area contributed by atoms with Gasteiger partial charge in [0.2, 0.25) is 0 Å². The predicted octanol–water partition coefficient (Wildman–Crippen LogP) is 4.73. The summed E-state index contributed by atoms with van der Waals surface area (Å²) in [6, 6.07) is 17.8. The van der Waals surface area contributed by atoms with Crippen molar-refractivity contribution in [3.63, 3.8) is 0 Å². The summed E-state index contributed by atoms with van der Waals surface area (Å²) in [5.41, 5.74) is 9.13. The highest BCUT2D eigenvalue weighted by molar-refractivity contribution is 6.00. The van der Waals surface area contributed by atoms with Gasteiger partial charge in [0, 0.05) is 17.7 Å². The number of aromatic nitrogens is 3. The molecule has 0 bridgehead atoms. The molecule has 4 aromatic rings. The molecule has 0 atom stereocenters. The number of anilines is 1. The second kappa shape index (κ2) is 9.89. The molecule has 0 spiro atoms. The molecular formula is C28H31N5O3. The van der Waals surface area contributed by atoms with Crippen LogP contribution in [0.1, 0.15) is 18.9 Å². The van der Waals surface area contributed by atoms with Gasteiger partial charge in [-0.05, 0) is 62.8 Å². The van der Waals surface area contributed by atoms with Crippen molar-refractivity contribution in [2.45, 2.75) is 25.2 Å². The Balaban J connectivity index is 1.24. The number of nitrogens with two attached hydrogens (primary N) is 1. The van der Waals surface area contributed by atoms with Gasteiger partial charge in [-0.25, -0.2) is 9.97 Å². The van der Waals surface area contributed by atoms with E-state index in [4.69, 9.17) is 19.9 Å². The Morgan fingerprint density at radius 2 is 1.61 bits per heavy atom. The number of benzene rings is 2. The molecule has 6 rings (SSSR count). The van der Waals surface area contributed by atoms with E-state index in [1.165, 1.54) is 6.33 Å². The van der Waals surface area contributed by atoms with Gasteiger partial charge >= 0.3 is 0 Å². The van der Waals surface area contributed by atoms with Gasteiger partial charge in [0.15, 0.2) is 6.29 Å². The van der Waals surface area contributed by atoms with E-state index in [0.717, 1.165) is 59.6 Å². The van der Waals surface area contributed by atoms with Gasteiger partial charge in [0.05, 0.1) is 24.6 Å². The van der Waals surface area contributed by atoms with E-state index >= 15 is 0 Å². The van der Waals surface area contributed by atoms with Crippen molar-refractivity contribution in [3.8, 4) is 22.6 Å². The van der Waals surface area contributed by atoms with Crippen LogP contribution < -0.4 is 10.5 Å². The zero-order valence-electron chi connectivity index (χ0n) is 20.4. The van der Waals surface area contributed by atoms with Crippen LogP contribution in [-0.2, 0) is 9.47 Å². The number of hydrogen-bond acceptors (Lipinski definition) is 7. The minimum absolute atomic E-state index is 0.0127. The van der Waals surface area contributed by atoms with Gasteiger partial charge in [-0.3, -0.25) is 0 Å². The van der Waals surface area contributed by atoms with Crippen LogP contribution in [0.4, 0.5) is 5.82 Å². The Bertz CT molecular complexity index is 1310. The van der Waals surface area contributed by atoms with E-state index in [2.05, 4.69) is 32.7 Å². The maximum atomic E-state index is 6.34. The number of likely N-dealkylation sites (tertiary alicyclic amines) is 1. The minimum Gasteiger partial charge on any atom is -0.457 e. The van der Waals surface area contributed by atoms with E-state index in [1.54, 1.807) is 0 Å². The van der Waals surface area contributed by atoms with Crippen molar-refractivity contribution < 1.29 is 14.2 Å². The van der Waals surface area contributed by atoms with Crippen LogP contribution in [0, 0.1) is 5.92 Å². The van der Waals surface area contributed by atoms with E-state index < -0.39 is 0 Å². The first kappa shape index (κ1) is 23.0. The molecule has 4 heterocycles. The van der Waals surface area contributed by atoms with Gasteiger partial charge in [-0.15, -0.1) is 0 Å². The number of piperidine rings is 1. The van der Waals surface area contributed by atoms with Crippen LogP contribution in [0.25, 0.3) is 22.2 Å². The van der Waals surface area contributed by atoms with Crippen LogP contribution in [0.15, 0.2) is 67.1 Å². The molecule has 2 aromatic carbocycles. The molecule has 8 nitrogen and oxygen atoms in total. The molecule has 2 saturated heterocycles. The molecule has 0 radical (unpaired) electrons. The summed E-state index contributed by atoms with van der Waals surface area (Å²) >= 11 is 0. The highest BCUT2D eigenvalue weighted by Gasteiger charge is 2.32. The molecule has 36 heavy (non-hydrogen) atoms. The lowest BCUT2D eigenvalue weighted by Gasteiger charge is -2.38. The number of nitrogens with zero attached hydrogens (tertiary/aromatic N) is 4. The third kappa shape index (κ3) is 4.55. The summed E-state index contributed by atoms with van der Waals surface area (Å²) in [4.78, 5) is 11.2. The van der Waals surface area contributed by atoms with Gasteiger partial charge in [-0.1, -0.05) is 30.3 Å². The van der Waals surface area contributed by atoms with Gasteiger partial charge < -0.3 is 29.4 Å². The van der Waals surface area contributed by atoms with Crippen molar-refractivity contribution in [1.82, 2.24) is 19.4 Å². The molecule has 0 unspecified atom stereocenters. The second-order valence-electron chi connectivity index (χ2n) is 9.68. The van der Waals surface area contributed by atoms with Crippen LogP contribution in [0.3, 0.4) is 0 Å². The van der Waals surface area contributed by atoms with E-state index in [1.807, 2.05) is 54.6 Å². The van der Waals surface area contributed by atoms with Gasteiger partial charge in [-0.2, -0.15) is 0 Å². The molecule has 2 aliphatic rings. The molecule has 0 aliphatic carbocycles. The van der Waals surface area contributed by atoms with Gasteiger partial charge in [0.1, 0.15) is 29.3 Å². The zero-order chi connectivity index (χ0) is 24.5. The average molecular weight is 486 g/mol. The Hall–Kier alpha value is -3.46. The highest BCUT2D eigenvalue weighted by atomic mass is 16.7. The lowest BCUT2D eigenvalue weighted by Crippen LogP contribution is -2.42. The monoisotopic (exact) mass is 485 g/mol. The Morgan fingerprint density at radius 3 is 2.33 bits per heavy atom. The summed E-state index contributed by atoms with van der Waals surface area (Å²) in [5, 5.41) is 0.840. The zero-order valence-corrected chi connectivity index (χ0v) is 20.4. The molecule has 0 saturated carbocycles. The van der Waals surface area contributed by atoms with Crippen molar-refractivity contribution in [2.24, 2.45) is 5.92 Å². The van der Waals surface area contributed by atoms with Crippen LogP contribution in [0.2, 0.25) is 0 Å². The molecule has 2 fully saturated rings. The third-order valence-corrected chi connectivity index (χ3v) is 7.23. The Morgan fingerprint density at radius 1 is 0.917 bits per heavy atom. The van der Waals surface area contributed by atoms with Crippen molar-refractivity contribution >= 4 is 16.9 Å². The number of hydrogen-bond donors (Lipinski definition) is 1. The van der Waals surface area contributed by atoms with Crippen LogP contribution >= 0.6 is 0 Å². The summed E-state index contributed by atoms with van der Waals surface area (Å²) in [6.45, 7) is 3.34. The second-order valence-corrected chi connectivity index (χ2v) is 9.68. The van der Waals surface area contributed by atoms with Crippen LogP contribution in [-0.4, -0.2) is 59.1 Å². The summed E-state index contributed by atoms with van der Waals surface area (Å²) in [7, 11) is 2.17. The molecule has 2 aromatic heterocycles. The first-order valence-corrected chi connectivity index (χ1v) is 12.5. The first-order chi connectivity index (χ1) is 17.7. The largest absolute Gasteiger partial charge is 0.457 e. The van der Waals surface area contributed by atoms with Crippen LogP contribution in [0.5, 0.6) is 11.5 Å². The average Bonchev–Trinajstić information content (AvgIpc) is 3.31. The number of nitrogen functional groups attached to an aromatic ring is 1. The standard InChI is InChI=1S/C28H31N5O3/c1-32-13-11-20(12-14-32)28-34-16-21(17-35-28)33-15-24(25-26(29)30-18-31-27(25)33)19-7-9-23(10-8-19)36-22-5-3-2-4-6-22/h2-10,15,18,20-21,28H,11-14,16-17H2,1H3,(H2,29,30,31)/t21-,28+. The van der Waals surface area contributed by atoms with E-state index in [-0.39, 0.29) is 12.3 Å². The number of para-hydroxylation sites is 1. The predicted molar refractivity (Wildman–Crippen MR) is 139 cm³/mol. The van der Waals surface area contributed by atoms with E-state index in [0.29, 0.717) is 24.9 Å². The fourth-order valence-corrected chi connectivity index (χ4v) is 5.17. The normalized spacial score (nSPS) is 21.6. The van der Waals surface area contributed by atoms with Gasteiger partial charge in [0.25, 0.3) is 0 Å². The lowest BCUT2D eigenvalue weighted by molar-refractivity contribution is -0.225. The quantitative estimate of drug-likeness (QED) is 0.437. The fraction of sp³-hybridized carbons (Fsp3) is 0.357. The Labute approximate surface area is 210 Å². The third-order valence-electron chi connectivity index (χ3n) is 7.23. The Kier molecular flexibility index (Phi) is 6.31. The summed E-state index contributed by atoms with van der Waals surface area (Å²) in [5.74, 6) is 2.48. The SMILES string of the molecule is CN1CCC([C@H]2OC[C@@H](n3cc(-c4ccc(Oc5ccccc5)cc4)c4c(N)ncnc43)CO2)CC1. The molecule has 2 N–H and O–H groups in total. The number of fused-ring (bicyclic) bond motifs is 1. The topological polar surface area (TPSA) is 87.7 Å². The molecule has 2 aliphatic heterocycles. The van der Waals surface area contributed by atoms with Crippen molar-refractivity contribution in [3.05, 3.63) is 67.1 Å². The summed E-state index contributed by atoms with van der Waals surface area (Å²) in [6.07, 6.45) is 5.69. The maximum absolute atomic E-state index is 6.34. The molecule has 8 heteroatoms. The highest BCUT2D eigenvalue weighted by Crippen LogP contribution is 2.37. The maximum Gasteiger partial charge on any atom is 0.160 e. The van der Waals surface area contributed by atoms with Crippen molar-refractivity contribution in [2.75, 3.05) is 39.1 Å². The van der Waals surface area contributed by atoms with E-state index in [9.17, 15) is 0 Å². The molecular weight excluding hydrogens is 454 g/mol. The number of ether oxygens (including phenoxy) is 3. The minimum atomic E-state index is -0.131. The fourth-order valence-electron chi connectivity index (χ4n) is 5.17. The summed E-state index contributed by atoms with van der Waals surface area (Å²) < 4.78 is 20.6.